The molecule has 0 aliphatic rings. The fraction of sp³-hybridized carbons (Fsp3) is 0.321. The van der Waals surface area contributed by atoms with Gasteiger partial charge in [0.25, 0.3) is 0 Å². The molecule has 0 aliphatic carbocycles. The lowest BCUT2D eigenvalue weighted by atomic mass is 10.0. The van der Waals surface area contributed by atoms with Gasteiger partial charge in [-0.1, -0.05) is 66.9 Å². The largest absolute Gasteiger partial charge is 0.494 e. The van der Waals surface area contributed by atoms with Crippen LogP contribution in [0.2, 0.25) is 0 Å². The molecule has 3 aromatic carbocycles. The Morgan fingerprint density at radius 2 is 1.40 bits per heavy atom. The number of fused-ring (bicyclic) bond motifs is 1. The van der Waals surface area contributed by atoms with Crippen molar-refractivity contribution in [3.63, 3.8) is 0 Å². The van der Waals surface area contributed by atoms with Crippen LogP contribution in [0.4, 0.5) is 0 Å². The van der Waals surface area contributed by atoms with Gasteiger partial charge in [0, 0.05) is 13.7 Å². The lowest BCUT2D eigenvalue weighted by Crippen LogP contribution is -2.20. The summed E-state index contributed by atoms with van der Waals surface area (Å²) in [7, 11) is 1.75. The number of methoxy groups -OCH3 is 1. The first-order valence-electron chi connectivity index (χ1n) is 12.1. The molecule has 1 aromatic heterocycles. The van der Waals surface area contributed by atoms with Gasteiger partial charge in [0.05, 0.1) is 12.2 Å². The van der Waals surface area contributed by atoms with Gasteiger partial charge < -0.3 is 14.3 Å². The molecule has 4 rings (SSSR count). The SMILES string of the molecule is COCCCCCCCCOc1ccc(-c2ccc(C(=O)On3nnc4ccccc43)cc2)cc1. The van der Waals surface area contributed by atoms with Crippen LogP contribution in [-0.2, 0) is 4.74 Å². The predicted octanol–water partition coefficient (Wildman–Crippen LogP) is 5.73. The topological polar surface area (TPSA) is 75.5 Å². The van der Waals surface area contributed by atoms with E-state index in [2.05, 4.69) is 10.3 Å². The Kier molecular flexibility index (Phi) is 8.84. The Balaban J connectivity index is 1.23. The maximum Gasteiger partial charge on any atom is 0.365 e. The summed E-state index contributed by atoms with van der Waals surface area (Å²) in [4.78, 5) is 19.1. The second kappa shape index (κ2) is 12.7. The molecular weight excluding hydrogens is 442 g/mol. The summed E-state index contributed by atoms with van der Waals surface area (Å²) < 4.78 is 11.0. The molecule has 0 aliphatic heterocycles. The van der Waals surface area contributed by atoms with Crippen molar-refractivity contribution in [1.82, 2.24) is 15.2 Å². The van der Waals surface area contributed by atoms with Gasteiger partial charge in [-0.15, -0.1) is 5.10 Å². The van der Waals surface area contributed by atoms with Gasteiger partial charge in [-0.05, 0) is 65.6 Å². The van der Waals surface area contributed by atoms with E-state index in [-0.39, 0.29) is 0 Å². The van der Waals surface area contributed by atoms with E-state index in [4.69, 9.17) is 14.3 Å². The van der Waals surface area contributed by atoms with E-state index >= 15 is 0 Å². The van der Waals surface area contributed by atoms with Crippen LogP contribution in [0.5, 0.6) is 5.75 Å². The number of benzene rings is 3. The van der Waals surface area contributed by atoms with Crippen molar-refractivity contribution in [2.24, 2.45) is 0 Å². The van der Waals surface area contributed by atoms with Crippen LogP contribution >= 0.6 is 0 Å². The van der Waals surface area contributed by atoms with E-state index in [1.807, 2.05) is 54.6 Å². The maximum absolute atomic E-state index is 12.5. The van der Waals surface area contributed by atoms with E-state index < -0.39 is 5.97 Å². The lowest BCUT2D eigenvalue weighted by molar-refractivity contribution is 0.0409. The van der Waals surface area contributed by atoms with Crippen LogP contribution in [0.25, 0.3) is 22.2 Å². The number of para-hydroxylation sites is 1. The molecule has 0 fully saturated rings. The van der Waals surface area contributed by atoms with Crippen LogP contribution < -0.4 is 9.57 Å². The van der Waals surface area contributed by atoms with Crippen molar-refractivity contribution in [3.05, 3.63) is 78.4 Å². The summed E-state index contributed by atoms with van der Waals surface area (Å²) >= 11 is 0. The summed E-state index contributed by atoms with van der Waals surface area (Å²) in [5.41, 5.74) is 3.80. The third kappa shape index (κ3) is 6.90. The molecule has 7 heteroatoms. The van der Waals surface area contributed by atoms with E-state index in [0.717, 1.165) is 47.8 Å². The molecule has 0 saturated carbocycles. The normalized spacial score (nSPS) is 11.0. The zero-order valence-corrected chi connectivity index (χ0v) is 20.1. The van der Waals surface area contributed by atoms with Gasteiger partial charge in [-0.3, -0.25) is 0 Å². The summed E-state index contributed by atoms with van der Waals surface area (Å²) in [6, 6.07) is 22.6. The van der Waals surface area contributed by atoms with Gasteiger partial charge in [0.15, 0.2) is 0 Å². The average Bonchev–Trinajstić information content (AvgIpc) is 3.31. The van der Waals surface area contributed by atoms with Crippen molar-refractivity contribution in [2.45, 2.75) is 38.5 Å². The first-order chi connectivity index (χ1) is 17.2. The lowest BCUT2D eigenvalue weighted by Gasteiger charge is -2.08. The maximum atomic E-state index is 12.5. The Bertz CT molecular complexity index is 1200. The van der Waals surface area contributed by atoms with Crippen LogP contribution in [0.3, 0.4) is 0 Å². The average molecular weight is 474 g/mol. The molecule has 0 spiro atoms. The number of carbonyl (C=O) groups excluding carboxylic acids is 1. The molecule has 182 valence electrons. The number of nitrogens with zero attached hydrogens (tertiary/aromatic N) is 3. The third-order valence-corrected chi connectivity index (χ3v) is 5.81. The van der Waals surface area contributed by atoms with E-state index in [0.29, 0.717) is 16.6 Å². The highest BCUT2D eigenvalue weighted by molar-refractivity contribution is 5.90. The predicted molar refractivity (Wildman–Crippen MR) is 135 cm³/mol. The van der Waals surface area contributed by atoms with Crippen molar-refractivity contribution in [2.75, 3.05) is 20.3 Å². The number of hydrogen-bond acceptors (Lipinski definition) is 6. The molecule has 1 heterocycles. The highest BCUT2D eigenvalue weighted by Crippen LogP contribution is 2.23. The summed E-state index contributed by atoms with van der Waals surface area (Å²) in [5.74, 6) is 0.375. The first kappa shape index (κ1) is 24.4. The van der Waals surface area contributed by atoms with Gasteiger partial charge in [-0.2, -0.15) is 0 Å². The summed E-state index contributed by atoms with van der Waals surface area (Å²) in [6.07, 6.45) is 7.13. The van der Waals surface area contributed by atoms with Crippen LogP contribution in [0, 0.1) is 0 Å². The number of hydrogen-bond donors (Lipinski definition) is 0. The van der Waals surface area contributed by atoms with Crippen LogP contribution in [-0.4, -0.2) is 41.5 Å². The van der Waals surface area contributed by atoms with Gasteiger partial charge in [-0.25, -0.2) is 4.79 Å². The van der Waals surface area contributed by atoms with E-state index in [1.165, 1.54) is 25.7 Å². The highest BCUT2D eigenvalue weighted by atomic mass is 16.7. The zero-order valence-electron chi connectivity index (χ0n) is 20.1. The summed E-state index contributed by atoms with van der Waals surface area (Å²) in [6.45, 7) is 1.59. The Morgan fingerprint density at radius 3 is 2.11 bits per heavy atom. The van der Waals surface area contributed by atoms with Crippen LogP contribution in [0.15, 0.2) is 72.8 Å². The minimum atomic E-state index is -0.495. The van der Waals surface area contributed by atoms with Gasteiger partial charge in [0.1, 0.15) is 16.8 Å². The number of unbranched alkanes of at least 4 members (excludes halogenated alkanes) is 5. The van der Waals surface area contributed by atoms with Crippen LogP contribution in [0.1, 0.15) is 48.9 Å². The fourth-order valence-electron chi connectivity index (χ4n) is 3.83. The summed E-state index contributed by atoms with van der Waals surface area (Å²) in [5, 5.41) is 7.88. The smallest absolute Gasteiger partial charge is 0.365 e. The standard InChI is InChI=1S/C28H31N3O4/c1-33-20-8-4-2-3-5-9-21-34-25-18-16-23(17-19-25)22-12-14-24(15-13-22)28(32)35-31-27-11-7-6-10-26(27)29-30-31/h6-7,10-19H,2-5,8-9,20-21H2,1H3. The Morgan fingerprint density at radius 1 is 0.771 bits per heavy atom. The molecule has 0 bridgehead atoms. The molecular formula is C28H31N3O4. The third-order valence-electron chi connectivity index (χ3n) is 5.81. The minimum Gasteiger partial charge on any atom is -0.494 e. The molecule has 0 saturated heterocycles. The highest BCUT2D eigenvalue weighted by Gasteiger charge is 2.12. The van der Waals surface area contributed by atoms with Crippen molar-refractivity contribution in [3.8, 4) is 16.9 Å². The van der Waals surface area contributed by atoms with E-state index in [9.17, 15) is 4.79 Å². The van der Waals surface area contributed by atoms with Gasteiger partial charge in [0.2, 0.25) is 0 Å². The number of rotatable bonds is 13. The Labute approximate surface area is 205 Å². The quantitative estimate of drug-likeness (QED) is 0.182. The molecule has 7 nitrogen and oxygen atoms in total. The van der Waals surface area contributed by atoms with Crippen molar-refractivity contribution >= 4 is 17.0 Å². The van der Waals surface area contributed by atoms with Crippen molar-refractivity contribution in [1.29, 1.82) is 0 Å². The second-order valence-corrected chi connectivity index (χ2v) is 8.39. The van der Waals surface area contributed by atoms with Crippen molar-refractivity contribution < 1.29 is 19.1 Å². The molecule has 0 unspecified atom stereocenters. The second-order valence-electron chi connectivity index (χ2n) is 8.39. The zero-order chi connectivity index (χ0) is 24.3. The number of aromatic nitrogens is 3. The molecule has 35 heavy (non-hydrogen) atoms. The number of carbonyl (C=O) groups is 1. The van der Waals surface area contributed by atoms with Gasteiger partial charge >= 0.3 is 5.97 Å². The fourth-order valence-corrected chi connectivity index (χ4v) is 3.83. The first-order valence-corrected chi connectivity index (χ1v) is 12.1. The minimum absolute atomic E-state index is 0.437. The Hall–Kier alpha value is -3.71. The molecule has 4 aromatic rings. The molecule has 0 radical (unpaired) electrons. The number of ether oxygens (including phenoxy) is 2. The monoisotopic (exact) mass is 473 g/mol. The molecule has 0 N–H and O–H groups in total. The molecule has 0 atom stereocenters. The van der Waals surface area contributed by atoms with E-state index in [1.54, 1.807) is 25.3 Å². The molecule has 0 amide bonds.